The Balaban J connectivity index is 2.23. The van der Waals surface area contributed by atoms with E-state index in [9.17, 15) is 9.59 Å². The summed E-state index contributed by atoms with van der Waals surface area (Å²) >= 11 is 0. The van der Waals surface area contributed by atoms with Gasteiger partial charge in [0.1, 0.15) is 17.5 Å². The summed E-state index contributed by atoms with van der Waals surface area (Å²) in [6.45, 7) is 6.06. The summed E-state index contributed by atoms with van der Waals surface area (Å²) < 4.78 is 10.5. The molecular formula is C24H32N2O4. The van der Waals surface area contributed by atoms with Crippen molar-refractivity contribution in [3.63, 3.8) is 0 Å². The highest BCUT2D eigenvalue weighted by Gasteiger charge is 2.27. The van der Waals surface area contributed by atoms with E-state index < -0.39 is 6.04 Å². The molecule has 2 amide bonds. The fourth-order valence-electron chi connectivity index (χ4n) is 3.04. The molecular weight excluding hydrogens is 380 g/mol. The second kappa shape index (κ2) is 11.2. The van der Waals surface area contributed by atoms with Crippen molar-refractivity contribution in [1.82, 2.24) is 10.2 Å². The van der Waals surface area contributed by atoms with Crippen molar-refractivity contribution >= 4 is 11.8 Å². The Hall–Kier alpha value is -3.02. The normalized spacial score (nSPS) is 12.6. The summed E-state index contributed by atoms with van der Waals surface area (Å²) in [5.41, 5.74) is 1.77. The van der Waals surface area contributed by atoms with Gasteiger partial charge in [0.2, 0.25) is 11.8 Å². The molecule has 0 aliphatic rings. The van der Waals surface area contributed by atoms with Crippen LogP contribution in [0.15, 0.2) is 48.5 Å². The molecule has 0 saturated heterocycles. The lowest BCUT2D eigenvalue weighted by Crippen LogP contribution is -2.49. The number of carbonyl (C=O) groups is 2. The van der Waals surface area contributed by atoms with E-state index in [-0.39, 0.29) is 24.3 Å². The lowest BCUT2D eigenvalue weighted by molar-refractivity contribution is -0.140. The van der Waals surface area contributed by atoms with Gasteiger partial charge in [0.15, 0.2) is 0 Å². The monoisotopic (exact) mass is 412 g/mol. The number of methoxy groups -OCH3 is 2. The third-order valence-electron chi connectivity index (χ3n) is 5.17. The molecule has 0 heterocycles. The zero-order chi connectivity index (χ0) is 22.1. The van der Waals surface area contributed by atoms with Gasteiger partial charge in [0.05, 0.1) is 20.6 Å². The van der Waals surface area contributed by atoms with Crippen molar-refractivity contribution in [1.29, 1.82) is 0 Å². The Bertz CT molecular complexity index is 835. The van der Waals surface area contributed by atoms with Crippen molar-refractivity contribution in [3.05, 3.63) is 59.7 Å². The average molecular weight is 413 g/mol. The minimum absolute atomic E-state index is 0.0512. The molecule has 0 saturated carbocycles. The number of nitrogens with one attached hydrogen (secondary N) is 1. The average Bonchev–Trinajstić information content (AvgIpc) is 2.77. The van der Waals surface area contributed by atoms with Crippen molar-refractivity contribution < 1.29 is 19.1 Å². The Morgan fingerprint density at radius 2 is 1.63 bits per heavy atom. The highest BCUT2D eigenvalue weighted by atomic mass is 16.5. The second-order valence-electron chi connectivity index (χ2n) is 7.39. The summed E-state index contributed by atoms with van der Waals surface area (Å²) in [4.78, 5) is 27.6. The minimum Gasteiger partial charge on any atom is -0.497 e. The third-order valence-corrected chi connectivity index (χ3v) is 5.17. The highest BCUT2D eigenvalue weighted by Crippen LogP contribution is 2.18. The van der Waals surface area contributed by atoms with Gasteiger partial charge in [0, 0.05) is 12.6 Å². The molecule has 0 aromatic heterocycles. The molecule has 1 N–H and O–H groups in total. The molecule has 0 aliphatic heterocycles. The number of hydrogen-bond donors (Lipinski definition) is 1. The van der Waals surface area contributed by atoms with Crippen molar-refractivity contribution in [2.24, 2.45) is 0 Å². The van der Waals surface area contributed by atoms with Crippen LogP contribution in [0.25, 0.3) is 0 Å². The first kappa shape index (κ1) is 23.3. The van der Waals surface area contributed by atoms with Crippen molar-refractivity contribution in [2.75, 3.05) is 14.2 Å². The molecule has 0 aliphatic carbocycles. The maximum Gasteiger partial charge on any atom is 0.242 e. The SMILES string of the molecule is CC[C@H](C)NC(=O)[C@H](C)N(Cc1cccc(OC)c1)C(=O)Cc1ccc(OC)cc1. The van der Waals surface area contributed by atoms with Crippen LogP contribution in [0.1, 0.15) is 38.3 Å². The number of hydrogen-bond acceptors (Lipinski definition) is 4. The first-order valence-corrected chi connectivity index (χ1v) is 10.2. The van der Waals surface area contributed by atoms with Crippen LogP contribution in [0.3, 0.4) is 0 Å². The van der Waals surface area contributed by atoms with Crippen LogP contribution in [0.5, 0.6) is 11.5 Å². The Kier molecular flexibility index (Phi) is 8.71. The molecule has 162 valence electrons. The summed E-state index contributed by atoms with van der Waals surface area (Å²) in [5, 5.41) is 2.98. The number of nitrogens with zero attached hydrogens (tertiary/aromatic N) is 1. The van der Waals surface area contributed by atoms with Crippen LogP contribution in [0, 0.1) is 0 Å². The van der Waals surface area contributed by atoms with E-state index in [1.165, 1.54) is 0 Å². The summed E-state index contributed by atoms with van der Waals surface area (Å²) in [6, 6.07) is 14.4. The van der Waals surface area contributed by atoms with Gasteiger partial charge in [-0.05, 0) is 55.7 Å². The Morgan fingerprint density at radius 3 is 2.23 bits per heavy atom. The molecule has 6 nitrogen and oxygen atoms in total. The lowest BCUT2D eigenvalue weighted by Gasteiger charge is -2.30. The van der Waals surface area contributed by atoms with Gasteiger partial charge in [-0.15, -0.1) is 0 Å². The predicted octanol–water partition coefficient (Wildman–Crippen LogP) is 3.58. The number of ether oxygens (including phenoxy) is 2. The smallest absolute Gasteiger partial charge is 0.242 e. The van der Waals surface area contributed by atoms with E-state index in [4.69, 9.17) is 9.47 Å². The molecule has 0 radical (unpaired) electrons. The van der Waals surface area contributed by atoms with E-state index in [2.05, 4.69) is 5.32 Å². The van der Waals surface area contributed by atoms with Crippen LogP contribution < -0.4 is 14.8 Å². The van der Waals surface area contributed by atoms with Crippen LogP contribution in [-0.4, -0.2) is 43.0 Å². The van der Waals surface area contributed by atoms with E-state index in [0.717, 1.165) is 23.3 Å². The van der Waals surface area contributed by atoms with Gasteiger partial charge in [0.25, 0.3) is 0 Å². The zero-order valence-electron chi connectivity index (χ0n) is 18.5. The van der Waals surface area contributed by atoms with Gasteiger partial charge in [-0.2, -0.15) is 0 Å². The van der Waals surface area contributed by atoms with Gasteiger partial charge < -0.3 is 19.7 Å². The summed E-state index contributed by atoms with van der Waals surface area (Å²) in [6.07, 6.45) is 1.03. The molecule has 2 atom stereocenters. The third kappa shape index (κ3) is 6.51. The van der Waals surface area contributed by atoms with E-state index >= 15 is 0 Å². The van der Waals surface area contributed by atoms with E-state index in [1.54, 1.807) is 26.0 Å². The quantitative estimate of drug-likeness (QED) is 0.648. The maximum atomic E-state index is 13.2. The van der Waals surface area contributed by atoms with Gasteiger partial charge in [-0.1, -0.05) is 31.2 Å². The number of rotatable bonds is 10. The molecule has 2 aromatic rings. The van der Waals surface area contributed by atoms with Crippen molar-refractivity contribution in [2.45, 2.75) is 52.2 Å². The summed E-state index contributed by atoms with van der Waals surface area (Å²) in [5.74, 6) is 1.18. The second-order valence-corrected chi connectivity index (χ2v) is 7.39. The van der Waals surface area contributed by atoms with Crippen molar-refractivity contribution in [3.8, 4) is 11.5 Å². The largest absolute Gasteiger partial charge is 0.497 e. The molecule has 2 aromatic carbocycles. The molecule has 6 heteroatoms. The molecule has 2 rings (SSSR count). The van der Waals surface area contributed by atoms with Gasteiger partial charge >= 0.3 is 0 Å². The van der Waals surface area contributed by atoms with E-state index in [1.807, 2.05) is 62.4 Å². The fraction of sp³-hybridized carbons (Fsp3) is 0.417. The topological polar surface area (TPSA) is 67.9 Å². The van der Waals surface area contributed by atoms with Crippen LogP contribution in [0.2, 0.25) is 0 Å². The summed E-state index contributed by atoms with van der Waals surface area (Å²) in [7, 11) is 3.21. The van der Waals surface area contributed by atoms with E-state index in [0.29, 0.717) is 12.3 Å². The van der Waals surface area contributed by atoms with Crippen LogP contribution in [0.4, 0.5) is 0 Å². The Morgan fingerprint density at radius 1 is 0.967 bits per heavy atom. The molecule has 0 unspecified atom stereocenters. The fourth-order valence-corrected chi connectivity index (χ4v) is 3.04. The lowest BCUT2D eigenvalue weighted by atomic mass is 10.1. The molecule has 30 heavy (non-hydrogen) atoms. The van der Waals surface area contributed by atoms with Crippen LogP contribution >= 0.6 is 0 Å². The number of amides is 2. The van der Waals surface area contributed by atoms with Crippen LogP contribution in [-0.2, 0) is 22.6 Å². The molecule has 0 fully saturated rings. The first-order chi connectivity index (χ1) is 14.4. The Labute approximate surface area is 179 Å². The minimum atomic E-state index is -0.601. The maximum absolute atomic E-state index is 13.2. The first-order valence-electron chi connectivity index (χ1n) is 10.2. The number of carbonyl (C=O) groups excluding carboxylic acids is 2. The standard InChI is InChI=1S/C24H32N2O4/c1-6-17(2)25-24(28)18(3)26(16-20-8-7-9-22(14-20)30-5)23(27)15-19-10-12-21(29-4)13-11-19/h7-14,17-18H,6,15-16H2,1-5H3,(H,25,28)/t17-,18-/m0/s1. The zero-order valence-corrected chi connectivity index (χ0v) is 18.5. The molecule has 0 spiro atoms. The predicted molar refractivity (Wildman–Crippen MR) is 118 cm³/mol. The van der Waals surface area contributed by atoms with Gasteiger partial charge in [-0.3, -0.25) is 9.59 Å². The number of benzene rings is 2. The van der Waals surface area contributed by atoms with Gasteiger partial charge in [-0.25, -0.2) is 0 Å². The highest BCUT2D eigenvalue weighted by molar-refractivity contribution is 5.88. The molecule has 0 bridgehead atoms.